The minimum absolute atomic E-state index is 0.000708. The van der Waals surface area contributed by atoms with Crippen molar-refractivity contribution in [2.45, 2.75) is 19.6 Å². The van der Waals surface area contributed by atoms with Gasteiger partial charge in [0.05, 0.1) is 5.56 Å². The summed E-state index contributed by atoms with van der Waals surface area (Å²) in [6.07, 6.45) is -4.51. The van der Waals surface area contributed by atoms with Gasteiger partial charge in [-0.3, -0.25) is 0 Å². The number of hydrogen-bond acceptors (Lipinski definition) is 4. The van der Waals surface area contributed by atoms with E-state index in [2.05, 4.69) is 10.3 Å². The fourth-order valence-electron chi connectivity index (χ4n) is 1.70. The van der Waals surface area contributed by atoms with Gasteiger partial charge in [0.1, 0.15) is 16.5 Å². The van der Waals surface area contributed by atoms with Gasteiger partial charge in [-0.15, -0.1) is 0 Å². The molecule has 0 aromatic carbocycles. The van der Waals surface area contributed by atoms with Crippen molar-refractivity contribution in [2.75, 3.05) is 5.32 Å². The van der Waals surface area contributed by atoms with E-state index in [0.29, 0.717) is 12.1 Å². The van der Waals surface area contributed by atoms with Gasteiger partial charge in [-0.05, 0) is 40.9 Å². The lowest BCUT2D eigenvalue weighted by molar-refractivity contribution is -0.141. The first kappa shape index (κ1) is 15.7. The standard InChI is InChI=1S/C13H12F3N3S2/c1-7-5-21-6-8(7)4-18-12-9(11(17)20)2-3-10(19-12)13(14,15)16/h2-3,5-6H,4H2,1H3,(H2,17,20)(H,18,19). The SMILES string of the molecule is Cc1cscc1CNc1nc(C(F)(F)F)ccc1C(N)=S. The van der Waals surface area contributed by atoms with E-state index >= 15 is 0 Å². The number of pyridine rings is 1. The predicted molar refractivity (Wildman–Crippen MR) is 81.5 cm³/mol. The van der Waals surface area contributed by atoms with Gasteiger partial charge in [0.2, 0.25) is 0 Å². The van der Waals surface area contributed by atoms with E-state index in [-0.39, 0.29) is 10.8 Å². The first-order valence-corrected chi connectivity index (χ1v) is 7.27. The van der Waals surface area contributed by atoms with E-state index in [1.165, 1.54) is 17.4 Å². The topological polar surface area (TPSA) is 50.9 Å². The van der Waals surface area contributed by atoms with Gasteiger partial charge in [-0.25, -0.2) is 4.98 Å². The summed E-state index contributed by atoms with van der Waals surface area (Å²) in [7, 11) is 0. The Labute approximate surface area is 129 Å². The summed E-state index contributed by atoms with van der Waals surface area (Å²) < 4.78 is 38.2. The third kappa shape index (κ3) is 3.70. The molecule has 0 saturated heterocycles. The Morgan fingerprint density at radius 1 is 1.38 bits per heavy atom. The lowest BCUT2D eigenvalue weighted by atomic mass is 10.2. The number of hydrogen-bond donors (Lipinski definition) is 2. The van der Waals surface area contributed by atoms with Crippen molar-refractivity contribution in [2.24, 2.45) is 5.73 Å². The number of aromatic nitrogens is 1. The Hall–Kier alpha value is -1.67. The molecule has 3 N–H and O–H groups in total. The molecule has 112 valence electrons. The number of rotatable bonds is 4. The Balaban J connectivity index is 2.31. The second-order valence-electron chi connectivity index (χ2n) is 4.39. The highest BCUT2D eigenvalue weighted by molar-refractivity contribution is 7.80. The van der Waals surface area contributed by atoms with Crippen LogP contribution in [0.3, 0.4) is 0 Å². The molecule has 2 rings (SSSR count). The summed E-state index contributed by atoms with van der Waals surface area (Å²) in [6.45, 7) is 2.29. The van der Waals surface area contributed by atoms with Crippen molar-refractivity contribution in [1.29, 1.82) is 0 Å². The molecule has 3 nitrogen and oxygen atoms in total. The molecule has 0 aliphatic heterocycles. The van der Waals surface area contributed by atoms with Crippen molar-refractivity contribution in [3.05, 3.63) is 45.3 Å². The van der Waals surface area contributed by atoms with Gasteiger partial charge in [0, 0.05) is 6.54 Å². The molecule has 0 saturated carbocycles. The molecule has 0 fully saturated rings. The highest BCUT2D eigenvalue weighted by atomic mass is 32.1. The minimum Gasteiger partial charge on any atom is -0.389 e. The summed E-state index contributed by atoms with van der Waals surface area (Å²) in [4.78, 5) is 3.59. The van der Waals surface area contributed by atoms with Crippen molar-refractivity contribution in [3.8, 4) is 0 Å². The number of halogens is 3. The van der Waals surface area contributed by atoms with E-state index in [1.54, 1.807) is 0 Å². The van der Waals surface area contributed by atoms with Crippen molar-refractivity contribution >= 4 is 34.4 Å². The quantitative estimate of drug-likeness (QED) is 0.839. The number of nitrogens with zero attached hydrogens (tertiary/aromatic N) is 1. The van der Waals surface area contributed by atoms with Crippen LogP contribution >= 0.6 is 23.6 Å². The number of thiophene rings is 1. The molecular weight excluding hydrogens is 319 g/mol. The third-order valence-corrected chi connectivity index (χ3v) is 3.99. The van der Waals surface area contributed by atoms with Gasteiger partial charge in [-0.1, -0.05) is 12.2 Å². The van der Waals surface area contributed by atoms with Gasteiger partial charge in [0.25, 0.3) is 0 Å². The van der Waals surface area contributed by atoms with Crippen molar-refractivity contribution < 1.29 is 13.2 Å². The number of thiocarbonyl (C=S) groups is 1. The fourth-order valence-corrected chi connectivity index (χ4v) is 2.72. The second kappa shape index (κ2) is 5.98. The van der Waals surface area contributed by atoms with Crippen molar-refractivity contribution in [3.63, 3.8) is 0 Å². The normalized spacial score (nSPS) is 11.4. The molecule has 0 bridgehead atoms. The predicted octanol–water partition coefficient (Wildman–Crippen LogP) is 3.72. The molecule has 2 aromatic rings. The maximum atomic E-state index is 12.7. The van der Waals surface area contributed by atoms with Crippen LogP contribution in [-0.4, -0.2) is 9.97 Å². The molecule has 2 aromatic heterocycles. The van der Waals surface area contributed by atoms with E-state index in [9.17, 15) is 13.2 Å². The summed E-state index contributed by atoms with van der Waals surface area (Å²) in [5.41, 5.74) is 6.90. The Bertz CT molecular complexity index is 665. The molecule has 2 heterocycles. The molecule has 0 spiro atoms. The van der Waals surface area contributed by atoms with Crippen LogP contribution in [0.15, 0.2) is 22.9 Å². The van der Waals surface area contributed by atoms with Crippen LogP contribution in [0.5, 0.6) is 0 Å². The van der Waals surface area contributed by atoms with Gasteiger partial charge in [0.15, 0.2) is 0 Å². The average molecular weight is 331 g/mol. The molecule has 8 heteroatoms. The third-order valence-electron chi connectivity index (χ3n) is 2.86. The second-order valence-corrected chi connectivity index (χ2v) is 5.57. The fraction of sp³-hybridized carbons (Fsp3) is 0.231. The number of anilines is 1. The summed E-state index contributed by atoms with van der Waals surface area (Å²) in [5, 5.41) is 6.77. The number of nitrogens with two attached hydrogens (primary N) is 1. The molecule has 0 atom stereocenters. The first-order chi connectivity index (χ1) is 9.79. The highest BCUT2D eigenvalue weighted by Gasteiger charge is 2.33. The number of nitrogens with one attached hydrogen (secondary N) is 1. The van der Waals surface area contributed by atoms with Crippen LogP contribution < -0.4 is 11.1 Å². The summed E-state index contributed by atoms with van der Waals surface area (Å²) >= 11 is 6.37. The Morgan fingerprint density at radius 3 is 2.62 bits per heavy atom. The van der Waals surface area contributed by atoms with Gasteiger partial charge in [-0.2, -0.15) is 24.5 Å². The lowest BCUT2D eigenvalue weighted by Crippen LogP contribution is -2.17. The largest absolute Gasteiger partial charge is 0.433 e. The van der Waals surface area contributed by atoms with Gasteiger partial charge >= 0.3 is 6.18 Å². The highest BCUT2D eigenvalue weighted by Crippen LogP contribution is 2.29. The van der Waals surface area contributed by atoms with E-state index in [1.807, 2.05) is 17.7 Å². The molecule has 0 amide bonds. The van der Waals surface area contributed by atoms with E-state index in [4.69, 9.17) is 18.0 Å². The van der Waals surface area contributed by atoms with Crippen LogP contribution in [0, 0.1) is 6.92 Å². The Morgan fingerprint density at radius 2 is 2.10 bits per heavy atom. The minimum atomic E-state index is -4.51. The average Bonchev–Trinajstić information content (AvgIpc) is 2.80. The summed E-state index contributed by atoms with van der Waals surface area (Å²) in [6, 6.07) is 2.11. The molecular formula is C13H12F3N3S2. The van der Waals surface area contributed by atoms with Gasteiger partial charge < -0.3 is 11.1 Å². The zero-order chi connectivity index (χ0) is 15.6. The molecule has 0 aliphatic rings. The molecule has 0 aliphatic carbocycles. The van der Waals surface area contributed by atoms with Crippen LogP contribution in [0.2, 0.25) is 0 Å². The monoisotopic (exact) mass is 331 g/mol. The van der Waals surface area contributed by atoms with Crippen LogP contribution in [0.4, 0.5) is 19.0 Å². The molecule has 0 unspecified atom stereocenters. The van der Waals surface area contributed by atoms with E-state index < -0.39 is 11.9 Å². The number of alkyl halides is 3. The zero-order valence-electron chi connectivity index (χ0n) is 11.0. The van der Waals surface area contributed by atoms with Crippen LogP contribution in [0.1, 0.15) is 22.4 Å². The van der Waals surface area contributed by atoms with Crippen LogP contribution in [-0.2, 0) is 12.7 Å². The first-order valence-electron chi connectivity index (χ1n) is 5.92. The zero-order valence-corrected chi connectivity index (χ0v) is 12.6. The molecule has 0 radical (unpaired) electrons. The molecule has 21 heavy (non-hydrogen) atoms. The maximum absolute atomic E-state index is 12.7. The summed E-state index contributed by atoms with van der Waals surface area (Å²) in [5.74, 6) is 0.0444. The van der Waals surface area contributed by atoms with Crippen molar-refractivity contribution in [1.82, 2.24) is 4.98 Å². The van der Waals surface area contributed by atoms with E-state index in [0.717, 1.165) is 17.2 Å². The smallest absolute Gasteiger partial charge is 0.389 e. The lowest BCUT2D eigenvalue weighted by Gasteiger charge is -2.13. The Kier molecular flexibility index (Phi) is 4.48. The van der Waals surface area contributed by atoms with Crippen LogP contribution in [0.25, 0.3) is 0 Å². The maximum Gasteiger partial charge on any atom is 0.433 e. The number of aryl methyl sites for hydroxylation is 1.